The van der Waals surface area contributed by atoms with Crippen molar-refractivity contribution in [2.75, 3.05) is 5.32 Å². The Bertz CT molecular complexity index is 1020. The molecule has 0 aliphatic heterocycles. The molecule has 0 unspecified atom stereocenters. The van der Waals surface area contributed by atoms with Crippen LogP contribution in [0.4, 0.5) is 18.9 Å². The van der Waals surface area contributed by atoms with Crippen LogP contribution < -0.4 is 10.9 Å². The van der Waals surface area contributed by atoms with Crippen LogP contribution in [0.5, 0.6) is 0 Å². The van der Waals surface area contributed by atoms with E-state index in [1.807, 2.05) is 0 Å². The minimum Gasteiger partial charge on any atom is -0.316 e. The fraction of sp³-hybridized carbons (Fsp3) is 0.188. The first-order valence-electron chi connectivity index (χ1n) is 7.14. The smallest absolute Gasteiger partial charge is 0.316 e. The number of hydrogen-bond donors (Lipinski definition) is 1. The van der Waals surface area contributed by atoms with Crippen molar-refractivity contribution in [3.05, 3.63) is 62.5 Å². The third kappa shape index (κ3) is 3.14. The monoisotopic (exact) mass is 367 g/mol. The number of hydrogen-bond acceptors (Lipinski definition) is 4. The molecule has 0 saturated heterocycles. The highest BCUT2D eigenvalue weighted by Crippen LogP contribution is 2.29. The number of carbonyl (C=O) groups excluding carboxylic acids is 1. The zero-order valence-electron chi connectivity index (χ0n) is 13.1. The number of nitrogens with zero attached hydrogens (tertiary/aromatic N) is 2. The van der Waals surface area contributed by atoms with Gasteiger partial charge in [-0.2, -0.15) is 13.2 Å². The largest absolute Gasteiger partial charge is 0.416 e. The lowest BCUT2D eigenvalue weighted by Gasteiger charge is -2.10. The van der Waals surface area contributed by atoms with Gasteiger partial charge in [-0.1, -0.05) is 0 Å². The molecule has 0 fully saturated rings. The first-order valence-corrected chi connectivity index (χ1v) is 8.02. The Kier molecular flexibility index (Phi) is 4.11. The van der Waals surface area contributed by atoms with Crippen molar-refractivity contribution in [2.45, 2.75) is 20.0 Å². The number of nitrogens with one attached hydrogen (secondary N) is 1. The quantitative estimate of drug-likeness (QED) is 0.752. The normalized spacial score (nSPS) is 11.7. The Morgan fingerprint density at radius 2 is 1.84 bits per heavy atom. The number of amides is 1. The van der Waals surface area contributed by atoms with Crippen LogP contribution >= 0.6 is 11.3 Å². The standard InChI is InChI=1S/C16H12F3N3O2S/c1-8-7-25-15-20-9(2)12(14(24)22(8)15)21-13(23)10-3-5-11(6-4-10)16(17,18)19/h3-7H,1-2H3,(H,21,23). The van der Waals surface area contributed by atoms with Crippen LogP contribution in [0.1, 0.15) is 27.3 Å². The molecular weight excluding hydrogens is 355 g/mol. The summed E-state index contributed by atoms with van der Waals surface area (Å²) in [5.74, 6) is -0.677. The highest BCUT2D eigenvalue weighted by Gasteiger charge is 2.30. The number of thiazole rings is 1. The fourth-order valence-electron chi connectivity index (χ4n) is 2.32. The van der Waals surface area contributed by atoms with Gasteiger partial charge >= 0.3 is 6.18 Å². The van der Waals surface area contributed by atoms with Crippen LogP contribution in [0.2, 0.25) is 0 Å². The summed E-state index contributed by atoms with van der Waals surface area (Å²) in [4.78, 5) is 29.6. The van der Waals surface area contributed by atoms with E-state index in [4.69, 9.17) is 0 Å². The summed E-state index contributed by atoms with van der Waals surface area (Å²) in [6, 6.07) is 3.76. The summed E-state index contributed by atoms with van der Waals surface area (Å²) in [7, 11) is 0. The molecule has 9 heteroatoms. The van der Waals surface area contributed by atoms with E-state index in [9.17, 15) is 22.8 Å². The van der Waals surface area contributed by atoms with Gasteiger partial charge in [-0.15, -0.1) is 11.3 Å². The second kappa shape index (κ2) is 5.99. The second-order valence-electron chi connectivity index (χ2n) is 5.40. The first-order chi connectivity index (χ1) is 11.7. The molecule has 1 amide bonds. The van der Waals surface area contributed by atoms with Crippen molar-refractivity contribution >= 4 is 27.9 Å². The topological polar surface area (TPSA) is 63.5 Å². The number of carbonyl (C=O) groups is 1. The summed E-state index contributed by atoms with van der Waals surface area (Å²) in [6.07, 6.45) is -4.48. The lowest BCUT2D eigenvalue weighted by molar-refractivity contribution is -0.137. The van der Waals surface area contributed by atoms with Crippen molar-refractivity contribution in [1.29, 1.82) is 0 Å². The van der Waals surface area contributed by atoms with E-state index in [0.717, 1.165) is 24.3 Å². The zero-order valence-corrected chi connectivity index (χ0v) is 14.0. The second-order valence-corrected chi connectivity index (χ2v) is 6.24. The van der Waals surface area contributed by atoms with Crippen LogP contribution in [-0.4, -0.2) is 15.3 Å². The maximum Gasteiger partial charge on any atom is 0.416 e. The Labute approximate surface area is 143 Å². The van der Waals surface area contributed by atoms with E-state index in [0.29, 0.717) is 16.3 Å². The van der Waals surface area contributed by atoms with Crippen molar-refractivity contribution in [3.63, 3.8) is 0 Å². The number of fused-ring (bicyclic) bond motifs is 1. The van der Waals surface area contributed by atoms with E-state index in [-0.39, 0.29) is 11.3 Å². The third-order valence-corrected chi connectivity index (χ3v) is 4.58. The van der Waals surface area contributed by atoms with Gasteiger partial charge in [0.1, 0.15) is 5.69 Å². The lowest BCUT2D eigenvalue weighted by atomic mass is 10.1. The molecule has 130 valence electrons. The molecule has 0 aliphatic rings. The van der Waals surface area contributed by atoms with Crippen LogP contribution in [0, 0.1) is 13.8 Å². The SMILES string of the molecule is Cc1nc2scc(C)n2c(=O)c1NC(=O)c1ccc(C(F)(F)F)cc1. The summed E-state index contributed by atoms with van der Waals surface area (Å²) < 4.78 is 39.1. The van der Waals surface area contributed by atoms with Gasteiger partial charge in [0, 0.05) is 16.6 Å². The molecule has 3 rings (SSSR count). The molecule has 3 aromatic rings. The number of halogens is 3. The molecule has 25 heavy (non-hydrogen) atoms. The van der Waals surface area contributed by atoms with Crippen molar-refractivity contribution in [3.8, 4) is 0 Å². The third-order valence-electron chi connectivity index (χ3n) is 3.63. The van der Waals surface area contributed by atoms with Gasteiger partial charge in [0.15, 0.2) is 4.96 Å². The highest BCUT2D eigenvalue weighted by atomic mass is 32.1. The summed E-state index contributed by atoms with van der Waals surface area (Å²) in [5, 5.41) is 4.22. The molecular formula is C16H12F3N3O2S. The Morgan fingerprint density at radius 3 is 2.44 bits per heavy atom. The van der Waals surface area contributed by atoms with Gasteiger partial charge in [-0.05, 0) is 38.1 Å². The van der Waals surface area contributed by atoms with Crippen molar-refractivity contribution in [2.24, 2.45) is 0 Å². The fourth-order valence-corrected chi connectivity index (χ4v) is 3.23. The zero-order chi connectivity index (χ0) is 18.4. The molecule has 0 saturated carbocycles. The van der Waals surface area contributed by atoms with E-state index < -0.39 is 23.2 Å². The molecule has 0 atom stereocenters. The van der Waals surface area contributed by atoms with Crippen molar-refractivity contribution in [1.82, 2.24) is 9.38 Å². The molecule has 5 nitrogen and oxygen atoms in total. The maximum atomic E-state index is 12.6. The van der Waals surface area contributed by atoms with E-state index in [2.05, 4.69) is 10.3 Å². The average Bonchev–Trinajstić information content (AvgIpc) is 2.91. The molecule has 2 heterocycles. The summed E-state index contributed by atoms with van der Waals surface area (Å²) in [5.41, 5.74) is -0.240. The molecule has 2 aromatic heterocycles. The van der Waals surface area contributed by atoms with Crippen LogP contribution in [0.15, 0.2) is 34.4 Å². The lowest BCUT2D eigenvalue weighted by Crippen LogP contribution is -2.25. The number of benzene rings is 1. The van der Waals surface area contributed by atoms with E-state index in [1.54, 1.807) is 19.2 Å². The summed E-state index contributed by atoms with van der Waals surface area (Å²) >= 11 is 1.30. The molecule has 0 aliphatic carbocycles. The summed E-state index contributed by atoms with van der Waals surface area (Å²) in [6.45, 7) is 3.32. The van der Waals surface area contributed by atoms with Gasteiger partial charge in [0.2, 0.25) is 0 Å². The Morgan fingerprint density at radius 1 is 1.20 bits per heavy atom. The van der Waals surface area contributed by atoms with Crippen LogP contribution in [-0.2, 0) is 6.18 Å². The minimum absolute atomic E-state index is 0.00361. The predicted octanol–water partition coefficient (Wildman–Crippen LogP) is 3.64. The molecule has 0 bridgehead atoms. The van der Waals surface area contributed by atoms with Gasteiger partial charge in [-0.3, -0.25) is 14.0 Å². The number of aryl methyl sites for hydroxylation is 2. The average molecular weight is 367 g/mol. The van der Waals surface area contributed by atoms with E-state index >= 15 is 0 Å². The van der Waals surface area contributed by atoms with Crippen molar-refractivity contribution < 1.29 is 18.0 Å². The van der Waals surface area contributed by atoms with Gasteiger partial charge in [0.25, 0.3) is 11.5 Å². The number of alkyl halides is 3. The van der Waals surface area contributed by atoms with Crippen LogP contribution in [0.3, 0.4) is 0 Å². The molecule has 1 N–H and O–H groups in total. The number of aromatic nitrogens is 2. The predicted molar refractivity (Wildman–Crippen MR) is 88.2 cm³/mol. The Hall–Kier alpha value is -2.68. The van der Waals surface area contributed by atoms with E-state index in [1.165, 1.54) is 15.7 Å². The van der Waals surface area contributed by atoms with Crippen LogP contribution in [0.25, 0.3) is 4.96 Å². The van der Waals surface area contributed by atoms with Gasteiger partial charge in [-0.25, -0.2) is 4.98 Å². The Balaban J connectivity index is 1.95. The maximum absolute atomic E-state index is 12.6. The number of rotatable bonds is 2. The molecule has 1 aromatic carbocycles. The molecule has 0 radical (unpaired) electrons. The van der Waals surface area contributed by atoms with Gasteiger partial charge < -0.3 is 5.32 Å². The molecule has 0 spiro atoms. The minimum atomic E-state index is -4.48. The first kappa shape index (κ1) is 17.2. The number of anilines is 1. The van der Waals surface area contributed by atoms with Gasteiger partial charge in [0.05, 0.1) is 11.3 Å². The highest BCUT2D eigenvalue weighted by molar-refractivity contribution is 7.15.